The molecule has 0 saturated carbocycles. The number of benzene rings is 3. The number of aromatic amines is 1. The van der Waals surface area contributed by atoms with E-state index in [1.165, 1.54) is 0 Å². The van der Waals surface area contributed by atoms with Crippen molar-refractivity contribution in [2.45, 2.75) is 13.8 Å². The number of carboxylic acids is 1. The van der Waals surface area contributed by atoms with Gasteiger partial charge in [-0.25, -0.2) is 9.78 Å². The Kier molecular flexibility index (Phi) is 7.65. The molecular weight excluding hydrogens is 452 g/mol. The molecule has 0 radical (unpaired) electrons. The number of aliphatic imine (C=N–C) groups is 1. The smallest absolute Gasteiger partial charge is 0.335 e. The monoisotopic (exact) mass is 484 g/mol. The lowest BCUT2D eigenvalue weighted by Crippen LogP contribution is -2.44. The predicted octanol–water partition coefficient (Wildman–Crippen LogP) is 5.78. The predicted molar refractivity (Wildman–Crippen MR) is 148 cm³/mol. The third kappa shape index (κ3) is 5.39. The third-order valence-electron chi connectivity index (χ3n) is 6.16. The van der Waals surface area contributed by atoms with E-state index in [4.69, 9.17) is 0 Å². The fourth-order valence-electron chi connectivity index (χ4n) is 4.20. The molecule has 1 aromatic heterocycles. The molecule has 3 aromatic carbocycles. The maximum Gasteiger partial charge on any atom is 0.335 e. The van der Waals surface area contributed by atoms with E-state index in [1.807, 2.05) is 44.2 Å². The average Bonchev–Trinajstić information content (AvgIpc) is 3.34. The lowest BCUT2D eigenvalue weighted by molar-refractivity contribution is 0.0697. The standard InChI is InChI=1S/C26H26N6O2.C2H6/c1-27-21-9-7-20(32-12-10-31(2)11-13-32)16-24(21)28-19-6-8-22-23(15-19)30-25(29-22)17-4-3-5-18(14-17)26(33)34;1-2/h3-9,14-16,28H,1,10-13H2,2H3,(H,29,30)(H,33,34);1-2H3. The van der Waals surface area contributed by atoms with Crippen molar-refractivity contribution in [1.82, 2.24) is 14.9 Å². The molecule has 0 spiro atoms. The molecule has 8 nitrogen and oxygen atoms in total. The van der Waals surface area contributed by atoms with Gasteiger partial charge in [-0.1, -0.05) is 26.0 Å². The number of aromatic nitrogens is 2. The molecule has 186 valence electrons. The first kappa shape index (κ1) is 24.9. The number of imidazole rings is 1. The minimum Gasteiger partial charge on any atom is -0.478 e. The Hall–Kier alpha value is -4.17. The minimum absolute atomic E-state index is 0.227. The topological polar surface area (TPSA) is 96.8 Å². The SMILES string of the molecule is C=Nc1ccc(N2CCN(C)CC2)cc1Nc1ccc2nc(-c3cccc(C(=O)O)c3)[nH]c2c1.CC. The zero-order chi connectivity index (χ0) is 25.7. The first-order valence-electron chi connectivity index (χ1n) is 12.1. The summed E-state index contributed by atoms with van der Waals surface area (Å²) in [6.45, 7) is 11.8. The van der Waals surface area contributed by atoms with Gasteiger partial charge in [0.25, 0.3) is 0 Å². The summed E-state index contributed by atoms with van der Waals surface area (Å²) in [4.78, 5) is 28.2. The molecular formula is C28H32N6O2. The number of piperazine rings is 1. The Labute approximate surface area is 211 Å². The van der Waals surface area contributed by atoms with Crippen LogP contribution in [0.2, 0.25) is 0 Å². The van der Waals surface area contributed by atoms with Crippen molar-refractivity contribution < 1.29 is 9.90 Å². The molecule has 8 heteroatoms. The molecule has 1 fully saturated rings. The third-order valence-corrected chi connectivity index (χ3v) is 6.16. The fourth-order valence-corrected chi connectivity index (χ4v) is 4.20. The van der Waals surface area contributed by atoms with Crippen molar-refractivity contribution in [3.05, 3.63) is 66.2 Å². The van der Waals surface area contributed by atoms with Crippen LogP contribution in [0.25, 0.3) is 22.4 Å². The van der Waals surface area contributed by atoms with Gasteiger partial charge in [-0.15, -0.1) is 0 Å². The quantitative estimate of drug-likeness (QED) is 0.300. The van der Waals surface area contributed by atoms with Gasteiger partial charge in [0, 0.05) is 43.1 Å². The van der Waals surface area contributed by atoms with Gasteiger partial charge in [-0.2, -0.15) is 0 Å². The van der Waals surface area contributed by atoms with Crippen molar-refractivity contribution in [1.29, 1.82) is 0 Å². The van der Waals surface area contributed by atoms with Gasteiger partial charge < -0.3 is 25.2 Å². The van der Waals surface area contributed by atoms with Crippen molar-refractivity contribution in [3.63, 3.8) is 0 Å². The number of hydrogen-bond donors (Lipinski definition) is 3. The second kappa shape index (κ2) is 11.0. The highest BCUT2D eigenvalue weighted by atomic mass is 16.4. The summed E-state index contributed by atoms with van der Waals surface area (Å²) in [7, 11) is 2.15. The van der Waals surface area contributed by atoms with E-state index in [0.29, 0.717) is 5.82 Å². The number of likely N-dealkylation sites (N-methyl/N-ethyl adjacent to an activating group) is 1. The minimum atomic E-state index is -0.963. The molecule has 0 bridgehead atoms. The summed E-state index contributed by atoms with van der Waals surface area (Å²) in [6, 6.07) is 18.8. The Morgan fingerprint density at radius 1 is 1.06 bits per heavy atom. The number of rotatable bonds is 6. The lowest BCUT2D eigenvalue weighted by atomic mass is 10.1. The van der Waals surface area contributed by atoms with Gasteiger partial charge in [0.2, 0.25) is 0 Å². The van der Waals surface area contributed by atoms with Crippen LogP contribution in [0.4, 0.5) is 22.7 Å². The van der Waals surface area contributed by atoms with E-state index in [0.717, 1.165) is 65.5 Å². The van der Waals surface area contributed by atoms with Crippen LogP contribution in [0, 0.1) is 0 Å². The van der Waals surface area contributed by atoms with E-state index in [9.17, 15) is 9.90 Å². The van der Waals surface area contributed by atoms with Crippen LogP contribution >= 0.6 is 0 Å². The van der Waals surface area contributed by atoms with Gasteiger partial charge in [0.15, 0.2) is 0 Å². The van der Waals surface area contributed by atoms with E-state index >= 15 is 0 Å². The zero-order valence-electron chi connectivity index (χ0n) is 21.0. The van der Waals surface area contributed by atoms with E-state index in [2.05, 4.69) is 56.0 Å². The van der Waals surface area contributed by atoms with E-state index < -0.39 is 5.97 Å². The summed E-state index contributed by atoms with van der Waals surface area (Å²) in [5.74, 6) is -0.337. The van der Waals surface area contributed by atoms with Crippen LogP contribution in [0.1, 0.15) is 24.2 Å². The average molecular weight is 485 g/mol. The number of fused-ring (bicyclic) bond motifs is 1. The van der Waals surface area contributed by atoms with Gasteiger partial charge in [-0.3, -0.25) is 4.99 Å². The lowest BCUT2D eigenvalue weighted by Gasteiger charge is -2.34. The van der Waals surface area contributed by atoms with Gasteiger partial charge in [-0.05, 0) is 62.3 Å². The van der Waals surface area contributed by atoms with Crippen LogP contribution in [0.15, 0.2) is 65.7 Å². The number of hydrogen-bond acceptors (Lipinski definition) is 6. The van der Waals surface area contributed by atoms with Crippen molar-refractivity contribution in [2.24, 2.45) is 4.99 Å². The zero-order valence-corrected chi connectivity index (χ0v) is 21.0. The molecule has 36 heavy (non-hydrogen) atoms. The summed E-state index contributed by atoms with van der Waals surface area (Å²) in [5.41, 5.74) is 6.33. The largest absolute Gasteiger partial charge is 0.478 e. The molecule has 0 aliphatic carbocycles. The number of nitrogens with one attached hydrogen (secondary N) is 2. The van der Waals surface area contributed by atoms with E-state index in [-0.39, 0.29) is 5.56 Å². The summed E-state index contributed by atoms with van der Waals surface area (Å²) in [6.07, 6.45) is 0. The summed E-state index contributed by atoms with van der Waals surface area (Å²) in [5, 5.41) is 12.8. The summed E-state index contributed by atoms with van der Waals surface area (Å²) >= 11 is 0. The van der Waals surface area contributed by atoms with Crippen LogP contribution in [0.5, 0.6) is 0 Å². The number of carbonyl (C=O) groups is 1. The second-order valence-corrected chi connectivity index (χ2v) is 8.48. The fraction of sp³-hybridized carbons (Fsp3) is 0.250. The van der Waals surface area contributed by atoms with Crippen LogP contribution in [-0.4, -0.2) is 65.9 Å². The molecule has 0 atom stereocenters. The molecule has 4 aromatic rings. The molecule has 1 aliphatic heterocycles. The Balaban J connectivity index is 0.00000148. The summed E-state index contributed by atoms with van der Waals surface area (Å²) < 4.78 is 0. The Morgan fingerprint density at radius 2 is 1.83 bits per heavy atom. The molecule has 1 saturated heterocycles. The highest BCUT2D eigenvalue weighted by Gasteiger charge is 2.16. The highest BCUT2D eigenvalue weighted by Crippen LogP contribution is 2.33. The van der Waals surface area contributed by atoms with E-state index in [1.54, 1.807) is 18.2 Å². The number of nitrogens with zero attached hydrogens (tertiary/aromatic N) is 4. The molecule has 5 rings (SSSR count). The van der Waals surface area contributed by atoms with Gasteiger partial charge in [0.05, 0.1) is 28.0 Å². The maximum absolute atomic E-state index is 11.3. The number of aromatic carboxylic acids is 1. The molecule has 3 N–H and O–H groups in total. The van der Waals surface area contributed by atoms with Crippen molar-refractivity contribution in [2.75, 3.05) is 43.4 Å². The van der Waals surface area contributed by atoms with Gasteiger partial charge >= 0.3 is 5.97 Å². The Morgan fingerprint density at radius 3 is 2.56 bits per heavy atom. The first-order chi connectivity index (χ1) is 17.5. The van der Waals surface area contributed by atoms with Crippen LogP contribution < -0.4 is 10.2 Å². The highest BCUT2D eigenvalue weighted by molar-refractivity contribution is 5.90. The molecule has 1 aliphatic rings. The maximum atomic E-state index is 11.3. The second-order valence-electron chi connectivity index (χ2n) is 8.48. The molecule has 0 amide bonds. The number of carboxylic acid groups (broad SMARTS) is 1. The molecule has 0 unspecified atom stereocenters. The normalized spacial score (nSPS) is 13.7. The van der Waals surface area contributed by atoms with Crippen molar-refractivity contribution in [3.8, 4) is 11.4 Å². The van der Waals surface area contributed by atoms with Crippen molar-refractivity contribution >= 4 is 46.5 Å². The van der Waals surface area contributed by atoms with Crippen LogP contribution in [0.3, 0.4) is 0 Å². The van der Waals surface area contributed by atoms with Gasteiger partial charge in [0.1, 0.15) is 5.82 Å². The van der Waals surface area contributed by atoms with Crippen LogP contribution in [-0.2, 0) is 0 Å². The number of H-pyrrole nitrogens is 1. The number of anilines is 3. The molecule has 2 heterocycles. The first-order valence-corrected chi connectivity index (χ1v) is 12.1. The Bertz CT molecular complexity index is 1370.